The number of aromatic amines is 1. The predicted octanol–water partition coefficient (Wildman–Crippen LogP) is -0.167. The number of amides is 1. The number of nitrogens with one attached hydrogen (secondary N) is 2. The molecule has 1 unspecified atom stereocenters. The number of nitrogens with zero attached hydrogens (tertiary/aromatic N) is 3. The van der Waals surface area contributed by atoms with Crippen LogP contribution in [0.4, 0.5) is 5.82 Å². The highest BCUT2D eigenvalue weighted by Gasteiger charge is 2.30. The Morgan fingerprint density at radius 1 is 1.52 bits per heavy atom. The molecule has 0 radical (unpaired) electrons. The fourth-order valence-electron chi connectivity index (χ4n) is 2.36. The number of anilines is 1. The maximum absolute atomic E-state index is 12.2. The van der Waals surface area contributed by atoms with Crippen LogP contribution in [0.15, 0.2) is 29.7 Å². The van der Waals surface area contributed by atoms with Crippen LogP contribution in [-0.2, 0) is 16.0 Å². The summed E-state index contributed by atoms with van der Waals surface area (Å²) in [6, 6.07) is 1.88. The molecule has 23 heavy (non-hydrogen) atoms. The molecule has 8 nitrogen and oxygen atoms in total. The molecule has 0 fully saturated rings. The lowest BCUT2D eigenvalue weighted by atomic mass is 10.3. The number of carbonyl (C=O) groups excluding carboxylic acids is 1. The molecule has 0 saturated heterocycles. The monoisotopic (exact) mass is 334 g/mol. The summed E-state index contributed by atoms with van der Waals surface area (Å²) in [5, 5.41) is 3.60. The van der Waals surface area contributed by atoms with Gasteiger partial charge in [0.15, 0.2) is 0 Å². The second-order valence-electron chi connectivity index (χ2n) is 5.07. The summed E-state index contributed by atoms with van der Waals surface area (Å²) in [6.45, 7) is 1.50. The van der Waals surface area contributed by atoms with E-state index in [1.807, 2.05) is 11.0 Å². The van der Waals surface area contributed by atoms with Gasteiger partial charge in [-0.1, -0.05) is 0 Å². The van der Waals surface area contributed by atoms with Crippen molar-refractivity contribution in [1.29, 1.82) is 0 Å². The normalized spacial score (nSPS) is 18.1. The first-order chi connectivity index (χ1) is 11.2. The molecule has 9 heteroatoms. The summed E-state index contributed by atoms with van der Waals surface area (Å²) in [5.41, 5.74) is 6.14. The third-order valence-electron chi connectivity index (χ3n) is 3.53. The molecule has 4 N–H and O–H groups in total. The molecule has 2 aromatic heterocycles. The first-order valence-electron chi connectivity index (χ1n) is 7.34. The summed E-state index contributed by atoms with van der Waals surface area (Å²) in [7, 11) is 0. The number of nitrogens with two attached hydrogens (primary N) is 1. The van der Waals surface area contributed by atoms with E-state index < -0.39 is 11.2 Å². The fraction of sp³-hybridized carbons (Fsp3) is 0.357. The maximum atomic E-state index is 12.2. The largest absolute Gasteiger partial charge is 0.611 e. The first-order valence-corrected chi connectivity index (χ1v) is 8.66. The minimum absolute atomic E-state index is 0.260. The van der Waals surface area contributed by atoms with Gasteiger partial charge in [0.05, 0.1) is 18.1 Å². The van der Waals surface area contributed by atoms with E-state index in [1.165, 1.54) is 6.33 Å². The minimum Gasteiger partial charge on any atom is -0.611 e. The maximum Gasteiger partial charge on any atom is 0.301 e. The number of H-pyrrole nitrogens is 1. The van der Waals surface area contributed by atoms with Crippen LogP contribution in [0.3, 0.4) is 0 Å². The number of aromatic nitrogens is 3. The number of hydrogen-bond acceptors (Lipinski definition) is 6. The molecule has 0 saturated carbocycles. The Bertz CT molecular complexity index is 731. The Hall–Kier alpha value is -2.10. The van der Waals surface area contributed by atoms with Gasteiger partial charge < -0.3 is 25.5 Å². The molecule has 0 aliphatic carbocycles. The standard InChI is InChI=1S/C14H18N6O2S/c15-3-1-4-17-14(21)11-8-20(6-7-23(11)22)13-10-2-5-16-12(10)18-9-19-13/h2,5,8-9H,1,3-4,6-7,15H2,(H,17,21)(H,16,18,19). The van der Waals surface area contributed by atoms with Crippen molar-refractivity contribution in [3.8, 4) is 0 Å². The summed E-state index contributed by atoms with van der Waals surface area (Å²) < 4.78 is 12.2. The fourth-order valence-corrected chi connectivity index (χ4v) is 3.47. The van der Waals surface area contributed by atoms with Crippen molar-refractivity contribution in [3.05, 3.63) is 29.7 Å². The Morgan fingerprint density at radius 3 is 3.22 bits per heavy atom. The third kappa shape index (κ3) is 3.31. The van der Waals surface area contributed by atoms with Gasteiger partial charge >= 0.3 is 5.91 Å². The van der Waals surface area contributed by atoms with Gasteiger partial charge in [-0.05, 0) is 30.2 Å². The summed E-state index contributed by atoms with van der Waals surface area (Å²) in [4.78, 5) is 25.8. The lowest BCUT2D eigenvalue weighted by Crippen LogP contribution is -2.38. The lowest BCUT2D eigenvalue weighted by Gasteiger charge is -2.26. The van der Waals surface area contributed by atoms with Gasteiger partial charge in [-0.3, -0.25) is 4.79 Å². The molecule has 1 aliphatic heterocycles. The Morgan fingerprint density at radius 2 is 2.39 bits per heavy atom. The second-order valence-corrected chi connectivity index (χ2v) is 6.61. The minimum atomic E-state index is -1.31. The zero-order valence-corrected chi connectivity index (χ0v) is 13.3. The predicted molar refractivity (Wildman–Crippen MR) is 89.0 cm³/mol. The topological polar surface area (TPSA) is 123 Å². The molecular weight excluding hydrogens is 316 g/mol. The summed E-state index contributed by atoms with van der Waals surface area (Å²) in [5.74, 6) is 0.757. The quantitative estimate of drug-likeness (QED) is 0.515. The van der Waals surface area contributed by atoms with Crippen LogP contribution in [-0.4, -0.2) is 50.8 Å². The molecular formula is C14H18N6O2S. The zero-order chi connectivity index (χ0) is 16.2. The van der Waals surface area contributed by atoms with Crippen molar-refractivity contribution in [2.75, 3.05) is 30.3 Å². The molecule has 1 aliphatic rings. The van der Waals surface area contributed by atoms with Gasteiger partial charge in [0.2, 0.25) is 4.91 Å². The highest BCUT2D eigenvalue weighted by molar-refractivity contribution is 7.96. The molecule has 1 amide bonds. The van der Waals surface area contributed by atoms with E-state index in [0.29, 0.717) is 37.6 Å². The van der Waals surface area contributed by atoms with Crippen molar-refractivity contribution < 1.29 is 9.35 Å². The van der Waals surface area contributed by atoms with Crippen LogP contribution in [0.25, 0.3) is 11.0 Å². The SMILES string of the molecule is NCCCNC(=O)C1=CN(c2ncnc3[nH]ccc23)CC[S+]1[O-]. The third-order valence-corrected chi connectivity index (χ3v) is 4.87. The molecule has 0 aromatic carbocycles. The molecule has 1 atom stereocenters. The van der Waals surface area contributed by atoms with Gasteiger partial charge in [-0.2, -0.15) is 0 Å². The number of rotatable bonds is 5. The molecule has 3 rings (SSSR count). The summed E-state index contributed by atoms with van der Waals surface area (Å²) in [6.07, 6.45) is 5.56. The van der Waals surface area contributed by atoms with Gasteiger partial charge in [0, 0.05) is 12.7 Å². The molecule has 0 bridgehead atoms. The van der Waals surface area contributed by atoms with Gasteiger partial charge in [-0.25, -0.2) is 9.97 Å². The van der Waals surface area contributed by atoms with E-state index >= 15 is 0 Å². The van der Waals surface area contributed by atoms with Gasteiger partial charge in [-0.15, -0.1) is 0 Å². The van der Waals surface area contributed by atoms with E-state index in [-0.39, 0.29) is 10.8 Å². The average Bonchev–Trinajstić information content (AvgIpc) is 3.04. The molecule has 0 spiro atoms. The van der Waals surface area contributed by atoms with E-state index in [4.69, 9.17) is 5.73 Å². The van der Waals surface area contributed by atoms with Crippen molar-refractivity contribution in [1.82, 2.24) is 20.3 Å². The number of fused-ring (bicyclic) bond motifs is 1. The van der Waals surface area contributed by atoms with E-state index in [1.54, 1.807) is 12.4 Å². The van der Waals surface area contributed by atoms with E-state index in [2.05, 4.69) is 20.3 Å². The molecule has 2 aromatic rings. The first kappa shape index (κ1) is 15.8. The van der Waals surface area contributed by atoms with Crippen LogP contribution in [0, 0.1) is 0 Å². The zero-order valence-electron chi connectivity index (χ0n) is 12.5. The van der Waals surface area contributed by atoms with E-state index in [9.17, 15) is 9.35 Å². The van der Waals surface area contributed by atoms with Crippen LogP contribution in [0.5, 0.6) is 0 Å². The van der Waals surface area contributed by atoms with Crippen LogP contribution in [0.2, 0.25) is 0 Å². The highest BCUT2D eigenvalue weighted by atomic mass is 32.2. The Balaban J connectivity index is 1.86. The van der Waals surface area contributed by atoms with E-state index in [0.717, 1.165) is 11.0 Å². The van der Waals surface area contributed by atoms with Crippen LogP contribution >= 0.6 is 0 Å². The van der Waals surface area contributed by atoms with Crippen LogP contribution in [0.1, 0.15) is 6.42 Å². The highest BCUT2D eigenvalue weighted by Crippen LogP contribution is 2.26. The van der Waals surface area contributed by atoms with Crippen LogP contribution < -0.4 is 16.0 Å². The lowest BCUT2D eigenvalue weighted by molar-refractivity contribution is -0.116. The summed E-state index contributed by atoms with van der Waals surface area (Å²) >= 11 is -1.31. The van der Waals surface area contributed by atoms with Gasteiger partial charge in [0.1, 0.15) is 23.5 Å². The van der Waals surface area contributed by atoms with Gasteiger partial charge in [0.25, 0.3) is 0 Å². The molecule has 3 heterocycles. The number of carbonyl (C=O) groups is 1. The number of hydrogen-bond donors (Lipinski definition) is 3. The Kier molecular flexibility index (Phi) is 4.79. The van der Waals surface area contributed by atoms with Crippen molar-refractivity contribution >= 4 is 33.9 Å². The van der Waals surface area contributed by atoms with Crippen molar-refractivity contribution in [2.24, 2.45) is 5.73 Å². The second kappa shape index (κ2) is 6.99. The average molecular weight is 334 g/mol. The van der Waals surface area contributed by atoms with Crippen molar-refractivity contribution in [2.45, 2.75) is 6.42 Å². The molecule has 122 valence electrons. The van der Waals surface area contributed by atoms with Crippen molar-refractivity contribution in [3.63, 3.8) is 0 Å². The smallest absolute Gasteiger partial charge is 0.301 e. The Labute approximate surface area is 136 Å².